The molecule has 6 aliphatic rings. The third kappa shape index (κ3) is 2.29. The van der Waals surface area contributed by atoms with Crippen LogP contribution in [0.5, 0.6) is 5.75 Å². The minimum absolute atomic E-state index is 0.106. The average Bonchev–Trinajstić information content (AvgIpc) is 3.36. The van der Waals surface area contributed by atoms with Crippen LogP contribution in [0.1, 0.15) is 64.0 Å². The molecule has 1 saturated carbocycles. The summed E-state index contributed by atoms with van der Waals surface area (Å²) in [4.78, 5) is 29.0. The van der Waals surface area contributed by atoms with Gasteiger partial charge in [0.1, 0.15) is 16.8 Å². The number of hydrogen-bond acceptors (Lipinski definition) is 5. The summed E-state index contributed by atoms with van der Waals surface area (Å²) in [6.45, 7) is 8.96. The molecule has 5 heterocycles. The number of rotatable bonds is 2. The molecule has 2 amide bonds. The second kappa shape index (κ2) is 6.32. The van der Waals surface area contributed by atoms with E-state index in [1.165, 1.54) is 0 Å². The normalized spacial score (nSPS) is 39.2. The number of amides is 2. The second-order valence-electron chi connectivity index (χ2n) is 11.6. The number of allylic oxidation sites excluding steroid dienone is 2. The SMILES string of the molecule is CC(C)=CCc1c(O)ccc2c1NC1C2[C@H](O)[C@]23NC(=O)[C@@]4(CCCN4C2=O)C[C@@H]3C1(C)C. The van der Waals surface area contributed by atoms with Gasteiger partial charge in [0.2, 0.25) is 5.91 Å². The largest absolute Gasteiger partial charge is 0.508 e. The number of nitrogens with zero attached hydrogens (tertiary/aromatic N) is 1. The molecule has 4 N–H and O–H groups in total. The number of carbonyl (C=O) groups is 2. The number of aromatic hydroxyl groups is 1. The fourth-order valence-corrected chi connectivity index (χ4v) is 7.83. The first kappa shape index (κ1) is 21.0. The van der Waals surface area contributed by atoms with Crippen molar-refractivity contribution in [3.05, 3.63) is 34.9 Å². The molecule has 7 nitrogen and oxygen atoms in total. The van der Waals surface area contributed by atoms with Crippen molar-refractivity contribution in [3.8, 4) is 5.75 Å². The monoisotopic (exact) mass is 451 g/mol. The number of piperazine rings is 1. The van der Waals surface area contributed by atoms with E-state index in [2.05, 4.69) is 30.6 Å². The quantitative estimate of drug-likeness (QED) is 0.518. The molecule has 7 heteroatoms. The van der Waals surface area contributed by atoms with Gasteiger partial charge in [-0.05, 0) is 56.6 Å². The van der Waals surface area contributed by atoms with E-state index in [-0.39, 0.29) is 40.9 Å². The number of carbonyl (C=O) groups excluding carboxylic acids is 2. The second-order valence-corrected chi connectivity index (χ2v) is 11.6. The molecule has 4 saturated heterocycles. The Balaban J connectivity index is 1.52. The highest BCUT2D eigenvalue weighted by Crippen LogP contribution is 2.64. The molecule has 2 spiro atoms. The van der Waals surface area contributed by atoms with Gasteiger partial charge >= 0.3 is 0 Å². The molecule has 0 aromatic heterocycles. The van der Waals surface area contributed by atoms with Crippen LogP contribution in [0.4, 0.5) is 5.69 Å². The number of aliphatic hydroxyl groups excluding tert-OH is 1. The Kier molecular flexibility index (Phi) is 4.02. The highest BCUT2D eigenvalue weighted by atomic mass is 16.3. The Bertz CT molecular complexity index is 1120. The molecular formula is C26H33N3O4. The molecule has 1 aromatic rings. The minimum atomic E-state index is -1.31. The summed E-state index contributed by atoms with van der Waals surface area (Å²) in [5, 5.41) is 29.4. The molecule has 6 atom stereocenters. The first-order chi connectivity index (χ1) is 15.6. The molecule has 33 heavy (non-hydrogen) atoms. The summed E-state index contributed by atoms with van der Waals surface area (Å²) >= 11 is 0. The number of phenolic OH excluding ortho intramolecular Hbond substituents is 1. The number of aliphatic hydroxyl groups is 1. The third-order valence-electron chi connectivity index (χ3n) is 9.48. The van der Waals surface area contributed by atoms with Crippen molar-refractivity contribution in [1.29, 1.82) is 0 Å². The lowest BCUT2D eigenvalue weighted by atomic mass is 9.46. The number of anilines is 1. The average molecular weight is 452 g/mol. The van der Waals surface area contributed by atoms with Crippen LogP contribution in [-0.2, 0) is 16.0 Å². The molecule has 5 fully saturated rings. The molecular weight excluding hydrogens is 418 g/mol. The number of benzene rings is 1. The lowest BCUT2D eigenvalue weighted by molar-refractivity contribution is -0.203. The van der Waals surface area contributed by atoms with Crippen LogP contribution in [0.3, 0.4) is 0 Å². The van der Waals surface area contributed by atoms with Gasteiger partial charge in [0.15, 0.2) is 0 Å². The third-order valence-corrected chi connectivity index (χ3v) is 9.48. The lowest BCUT2D eigenvalue weighted by Crippen LogP contribution is -2.88. The van der Waals surface area contributed by atoms with E-state index in [0.717, 1.165) is 28.8 Å². The van der Waals surface area contributed by atoms with Crippen LogP contribution in [0.2, 0.25) is 0 Å². The maximum atomic E-state index is 13.9. The molecule has 5 aliphatic heterocycles. The summed E-state index contributed by atoms with van der Waals surface area (Å²) in [6.07, 6.45) is 3.71. The Hall–Kier alpha value is -2.54. The smallest absolute Gasteiger partial charge is 0.252 e. The number of nitrogens with one attached hydrogen (secondary N) is 2. The van der Waals surface area contributed by atoms with Crippen LogP contribution in [0.15, 0.2) is 23.8 Å². The van der Waals surface area contributed by atoms with Crippen molar-refractivity contribution in [2.45, 2.75) is 82.5 Å². The van der Waals surface area contributed by atoms with Crippen LogP contribution in [0.25, 0.3) is 0 Å². The number of piperidine rings is 2. The summed E-state index contributed by atoms with van der Waals surface area (Å²) in [5.74, 6) is -0.547. The number of fused-ring (bicyclic) bond motifs is 4. The van der Waals surface area contributed by atoms with E-state index < -0.39 is 17.2 Å². The van der Waals surface area contributed by atoms with Gasteiger partial charge in [-0.15, -0.1) is 0 Å². The molecule has 1 aromatic carbocycles. The predicted octanol–water partition coefficient (Wildman–Crippen LogP) is 2.43. The van der Waals surface area contributed by atoms with E-state index in [1.54, 1.807) is 11.0 Å². The van der Waals surface area contributed by atoms with E-state index in [0.29, 0.717) is 25.8 Å². The molecule has 0 radical (unpaired) electrons. The van der Waals surface area contributed by atoms with Gasteiger partial charge < -0.3 is 25.7 Å². The topological polar surface area (TPSA) is 102 Å². The molecule has 2 unspecified atom stereocenters. The molecule has 176 valence electrons. The Labute approximate surface area is 194 Å². The van der Waals surface area contributed by atoms with Gasteiger partial charge in [0, 0.05) is 35.7 Å². The van der Waals surface area contributed by atoms with Crippen molar-refractivity contribution in [2.75, 3.05) is 11.9 Å². The van der Waals surface area contributed by atoms with Crippen molar-refractivity contribution in [2.24, 2.45) is 11.3 Å². The van der Waals surface area contributed by atoms with Crippen molar-refractivity contribution in [3.63, 3.8) is 0 Å². The highest BCUT2D eigenvalue weighted by molar-refractivity contribution is 6.05. The minimum Gasteiger partial charge on any atom is -0.508 e. The number of hydrogen-bond donors (Lipinski definition) is 4. The van der Waals surface area contributed by atoms with Crippen molar-refractivity contribution >= 4 is 17.5 Å². The predicted molar refractivity (Wildman–Crippen MR) is 124 cm³/mol. The van der Waals surface area contributed by atoms with E-state index in [1.807, 2.05) is 19.9 Å². The van der Waals surface area contributed by atoms with Gasteiger partial charge in [-0.25, -0.2) is 0 Å². The highest BCUT2D eigenvalue weighted by Gasteiger charge is 2.77. The van der Waals surface area contributed by atoms with Gasteiger partial charge in [0.25, 0.3) is 5.91 Å². The fraction of sp³-hybridized carbons (Fsp3) is 0.615. The molecule has 7 rings (SSSR count). The zero-order valence-corrected chi connectivity index (χ0v) is 19.7. The molecule has 1 aliphatic carbocycles. The van der Waals surface area contributed by atoms with E-state index in [9.17, 15) is 19.8 Å². The standard InChI is InChI=1S/C26H33N3O4/c1-13(2)6-7-14-16(30)9-8-15-18-20(27-19(14)15)24(3,4)17-12-25-10-5-11-29(25)23(33)26(17,21(18)31)28-22(25)32/h6,8-9,17-18,20-21,27,30-31H,5,7,10-12H2,1-4H3,(H,28,32)/t17-,18?,20?,21+,25-,26+/m1/s1. The zero-order valence-electron chi connectivity index (χ0n) is 19.7. The first-order valence-corrected chi connectivity index (χ1v) is 12.1. The van der Waals surface area contributed by atoms with Gasteiger partial charge in [0.05, 0.1) is 6.10 Å². The Morgan fingerprint density at radius 3 is 2.76 bits per heavy atom. The maximum Gasteiger partial charge on any atom is 0.252 e. The van der Waals surface area contributed by atoms with Gasteiger partial charge in [-0.1, -0.05) is 31.6 Å². The maximum absolute atomic E-state index is 13.9. The lowest BCUT2D eigenvalue weighted by Gasteiger charge is -2.67. The first-order valence-electron chi connectivity index (χ1n) is 12.1. The summed E-state index contributed by atoms with van der Waals surface area (Å²) < 4.78 is 0. The van der Waals surface area contributed by atoms with Gasteiger partial charge in [-0.3, -0.25) is 9.59 Å². The van der Waals surface area contributed by atoms with Crippen LogP contribution in [0, 0.1) is 11.3 Å². The van der Waals surface area contributed by atoms with E-state index in [4.69, 9.17) is 0 Å². The molecule has 2 bridgehead atoms. The van der Waals surface area contributed by atoms with Crippen LogP contribution in [-0.4, -0.2) is 56.7 Å². The summed E-state index contributed by atoms with van der Waals surface area (Å²) in [7, 11) is 0. The Morgan fingerprint density at radius 2 is 2.03 bits per heavy atom. The van der Waals surface area contributed by atoms with Crippen molar-refractivity contribution < 1.29 is 19.8 Å². The summed E-state index contributed by atoms with van der Waals surface area (Å²) in [5.41, 5.74) is 1.28. The van der Waals surface area contributed by atoms with Gasteiger partial charge in [-0.2, -0.15) is 0 Å². The fourth-order valence-electron chi connectivity index (χ4n) is 7.83. The number of phenols is 1. The van der Waals surface area contributed by atoms with Crippen LogP contribution >= 0.6 is 0 Å². The van der Waals surface area contributed by atoms with Crippen LogP contribution < -0.4 is 10.6 Å². The van der Waals surface area contributed by atoms with Crippen molar-refractivity contribution in [1.82, 2.24) is 10.2 Å². The van der Waals surface area contributed by atoms with E-state index >= 15 is 0 Å². The summed E-state index contributed by atoms with van der Waals surface area (Å²) in [6, 6.07) is 3.44. The zero-order chi connectivity index (χ0) is 23.5. The Morgan fingerprint density at radius 1 is 1.27 bits per heavy atom.